The molecule has 2 heterocycles. The van der Waals surface area contributed by atoms with Crippen LogP contribution in [0.1, 0.15) is 29.6 Å². The lowest BCUT2D eigenvalue weighted by molar-refractivity contribution is 0.0697. The summed E-state index contributed by atoms with van der Waals surface area (Å²) in [4.78, 5) is 17.5. The van der Waals surface area contributed by atoms with Crippen LogP contribution in [0.5, 0.6) is 0 Å². The molecule has 2 aromatic carbocycles. The van der Waals surface area contributed by atoms with Crippen molar-refractivity contribution in [3.05, 3.63) is 54.1 Å². The highest BCUT2D eigenvalue weighted by Crippen LogP contribution is 2.36. The molecular weight excluding hydrogens is 300 g/mol. The first-order valence-corrected chi connectivity index (χ1v) is 8.43. The molecule has 122 valence electrons. The molecule has 0 atom stereocenters. The normalized spacial score (nSPS) is 14.9. The van der Waals surface area contributed by atoms with Crippen molar-refractivity contribution in [2.75, 3.05) is 18.0 Å². The fourth-order valence-corrected chi connectivity index (χ4v) is 3.61. The van der Waals surface area contributed by atoms with E-state index in [0.717, 1.165) is 53.8 Å². The molecule has 3 aromatic rings. The van der Waals surface area contributed by atoms with Gasteiger partial charge in [0.1, 0.15) is 0 Å². The number of benzene rings is 2. The molecule has 4 rings (SSSR count). The summed E-state index contributed by atoms with van der Waals surface area (Å²) in [6, 6.07) is 15.8. The van der Waals surface area contributed by atoms with Crippen LogP contribution in [-0.4, -0.2) is 29.1 Å². The smallest absolute Gasteiger partial charge is 0.337 e. The summed E-state index contributed by atoms with van der Waals surface area (Å²) >= 11 is 0. The quantitative estimate of drug-likeness (QED) is 0.746. The number of hydrogen-bond donors (Lipinski definition) is 2. The molecule has 0 saturated carbocycles. The van der Waals surface area contributed by atoms with Gasteiger partial charge in [-0.3, -0.25) is 0 Å². The van der Waals surface area contributed by atoms with Gasteiger partial charge in [0.2, 0.25) is 0 Å². The number of anilines is 1. The fourth-order valence-electron chi connectivity index (χ4n) is 3.61. The Balaban J connectivity index is 1.90. The predicted molar refractivity (Wildman–Crippen MR) is 96.8 cm³/mol. The van der Waals surface area contributed by atoms with Gasteiger partial charge in [-0.25, -0.2) is 4.79 Å². The average molecular weight is 320 g/mol. The Labute approximate surface area is 140 Å². The Morgan fingerprint density at radius 3 is 2.54 bits per heavy atom. The third-order valence-corrected chi connectivity index (χ3v) is 4.76. The maximum Gasteiger partial charge on any atom is 0.337 e. The van der Waals surface area contributed by atoms with Gasteiger partial charge in [-0.05, 0) is 37.5 Å². The molecule has 24 heavy (non-hydrogen) atoms. The number of para-hydroxylation sites is 2. The number of aromatic amines is 1. The molecule has 0 radical (unpaired) electrons. The minimum absolute atomic E-state index is 0.382. The van der Waals surface area contributed by atoms with Gasteiger partial charge in [-0.15, -0.1) is 0 Å². The summed E-state index contributed by atoms with van der Waals surface area (Å²) in [7, 11) is 0. The molecule has 0 amide bonds. The number of carbonyl (C=O) groups is 1. The van der Waals surface area contributed by atoms with Gasteiger partial charge in [-0.1, -0.05) is 30.3 Å². The monoisotopic (exact) mass is 320 g/mol. The van der Waals surface area contributed by atoms with Gasteiger partial charge in [0.25, 0.3) is 0 Å². The number of nitrogens with zero attached hydrogens (tertiary/aromatic N) is 1. The number of aromatic carboxylic acids is 1. The number of rotatable bonds is 3. The highest BCUT2D eigenvalue weighted by Gasteiger charge is 2.22. The Kier molecular flexibility index (Phi) is 3.73. The van der Waals surface area contributed by atoms with Crippen LogP contribution < -0.4 is 4.90 Å². The van der Waals surface area contributed by atoms with Crippen molar-refractivity contribution in [1.29, 1.82) is 0 Å². The number of piperidine rings is 1. The summed E-state index contributed by atoms with van der Waals surface area (Å²) in [5.41, 5.74) is 4.23. The third kappa shape index (κ3) is 2.54. The predicted octanol–water partition coefficient (Wildman–Crippen LogP) is 4.52. The van der Waals surface area contributed by atoms with Crippen molar-refractivity contribution >= 4 is 22.6 Å². The Morgan fingerprint density at radius 1 is 1.00 bits per heavy atom. The first kappa shape index (κ1) is 14.8. The highest BCUT2D eigenvalue weighted by molar-refractivity contribution is 6.00. The third-order valence-electron chi connectivity index (χ3n) is 4.76. The van der Waals surface area contributed by atoms with Gasteiger partial charge < -0.3 is 15.0 Å². The van der Waals surface area contributed by atoms with Crippen LogP contribution in [0.3, 0.4) is 0 Å². The van der Waals surface area contributed by atoms with Gasteiger partial charge in [0, 0.05) is 35.2 Å². The van der Waals surface area contributed by atoms with Gasteiger partial charge >= 0.3 is 5.97 Å². The standard InChI is InChI=1S/C20H20N2O2/c23-20(24)16-9-6-8-15(19(16)22-11-4-1-5-12-22)18-13-14-7-2-3-10-17(14)21-18/h2-3,6-10,13,21H,1,4-5,11-12H2,(H,23,24). The largest absolute Gasteiger partial charge is 0.478 e. The molecule has 2 N–H and O–H groups in total. The van der Waals surface area contributed by atoms with Crippen molar-refractivity contribution in [2.45, 2.75) is 19.3 Å². The van der Waals surface area contributed by atoms with Gasteiger partial charge in [-0.2, -0.15) is 0 Å². The highest BCUT2D eigenvalue weighted by atomic mass is 16.4. The average Bonchev–Trinajstić information content (AvgIpc) is 3.05. The molecular formula is C20H20N2O2. The van der Waals surface area contributed by atoms with Crippen LogP contribution in [0.15, 0.2) is 48.5 Å². The molecule has 0 aliphatic carbocycles. The molecule has 1 fully saturated rings. The molecule has 0 spiro atoms. The van der Waals surface area contributed by atoms with E-state index in [9.17, 15) is 9.90 Å². The summed E-state index contributed by atoms with van der Waals surface area (Å²) in [6.07, 6.45) is 3.44. The molecule has 1 aliphatic rings. The molecule has 1 aromatic heterocycles. The topological polar surface area (TPSA) is 56.3 Å². The fraction of sp³-hybridized carbons (Fsp3) is 0.250. The van der Waals surface area contributed by atoms with Crippen LogP contribution in [0.2, 0.25) is 0 Å². The number of nitrogens with one attached hydrogen (secondary N) is 1. The summed E-state index contributed by atoms with van der Waals surface area (Å²) in [5, 5.41) is 10.8. The number of H-pyrrole nitrogens is 1. The molecule has 0 bridgehead atoms. The summed E-state index contributed by atoms with van der Waals surface area (Å²) in [6.45, 7) is 1.83. The molecule has 4 heteroatoms. The van der Waals surface area contributed by atoms with Crippen LogP contribution in [0.4, 0.5) is 5.69 Å². The number of aromatic nitrogens is 1. The minimum Gasteiger partial charge on any atom is -0.478 e. The van der Waals surface area contributed by atoms with E-state index in [-0.39, 0.29) is 0 Å². The van der Waals surface area contributed by atoms with Gasteiger partial charge in [0.15, 0.2) is 0 Å². The van der Waals surface area contributed by atoms with Gasteiger partial charge in [0.05, 0.1) is 11.3 Å². The van der Waals surface area contributed by atoms with Crippen LogP contribution in [0.25, 0.3) is 22.2 Å². The zero-order valence-electron chi connectivity index (χ0n) is 13.5. The minimum atomic E-state index is -0.867. The van der Waals surface area contributed by atoms with Crippen LogP contribution in [-0.2, 0) is 0 Å². The Hall–Kier alpha value is -2.75. The first-order valence-electron chi connectivity index (χ1n) is 8.43. The molecule has 1 aliphatic heterocycles. The second-order valence-corrected chi connectivity index (χ2v) is 6.32. The van der Waals surface area contributed by atoms with Crippen molar-refractivity contribution in [3.8, 4) is 11.3 Å². The lowest BCUT2D eigenvalue weighted by Gasteiger charge is -2.31. The van der Waals surface area contributed by atoms with Crippen LogP contribution in [0, 0.1) is 0 Å². The molecule has 1 saturated heterocycles. The molecule has 0 unspecified atom stereocenters. The van der Waals surface area contributed by atoms with E-state index in [4.69, 9.17) is 0 Å². The van der Waals surface area contributed by atoms with E-state index < -0.39 is 5.97 Å². The van der Waals surface area contributed by atoms with E-state index in [1.54, 1.807) is 6.07 Å². The van der Waals surface area contributed by atoms with Crippen LogP contribution >= 0.6 is 0 Å². The SMILES string of the molecule is O=C(O)c1cccc(-c2cc3ccccc3[nH]2)c1N1CCCCC1. The maximum absolute atomic E-state index is 11.8. The van der Waals surface area contributed by atoms with E-state index in [0.29, 0.717) is 5.56 Å². The van der Waals surface area contributed by atoms with Crippen molar-refractivity contribution in [2.24, 2.45) is 0 Å². The second-order valence-electron chi connectivity index (χ2n) is 6.32. The number of carboxylic acid groups (broad SMARTS) is 1. The zero-order valence-corrected chi connectivity index (χ0v) is 13.5. The number of carboxylic acids is 1. The number of hydrogen-bond acceptors (Lipinski definition) is 2. The second kappa shape index (κ2) is 6.04. The van der Waals surface area contributed by atoms with E-state index in [1.807, 2.05) is 30.3 Å². The molecule has 4 nitrogen and oxygen atoms in total. The lowest BCUT2D eigenvalue weighted by atomic mass is 10.0. The Bertz CT molecular complexity index is 859. The maximum atomic E-state index is 11.8. The van der Waals surface area contributed by atoms with E-state index in [1.165, 1.54) is 6.42 Å². The van der Waals surface area contributed by atoms with E-state index >= 15 is 0 Å². The van der Waals surface area contributed by atoms with Crippen molar-refractivity contribution in [1.82, 2.24) is 4.98 Å². The lowest BCUT2D eigenvalue weighted by Crippen LogP contribution is -2.31. The Morgan fingerprint density at radius 2 is 1.79 bits per heavy atom. The van der Waals surface area contributed by atoms with E-state index in [2.05, 4.69) is 22.0 Å². The number of fused-ring (bicyclic) bond motifs is 1. The zero-order chi connectivity index (χ0) is 16.5. The van der Waals surface area contributed by atoms with Crippen molar-refractivity contribution < 1.29 is 9.90 Å². The summed E-state index contributed by atoms with van der Waals surface area (Å²) < 4.78 is 0. The van der Waals surface area contributed by atoms with Crippen molar-refractivity contribution in [3.63, 3.8) is 0 Å². The first-order chi connectivity index (χ1) is 11.7. The summed E-state index contributed by atoms with van der Waals surface area (Å²) in [5.74, 6) is -0.867.